The molecular weight excluding hydrogens is 328 g/mol. The Hall–Kier alpha value is -0.880. The maximum Gasteiger partial charge on any atom is 0.239 e. The molecule has 1 atom stereocenters. The fraction of sp³-hybridized carbons (Fsp3) is 0.533. The Bertz CT molecular complexity index is 470. The van der Waals surface area contributed by atoms with E-state index in [0.29, 0.717) is 6.54 Å². The minimum Gasteiger partial charge on any atom is -0.340 e. The summed E-state index contributed by atoms with van der Waals surface area (Å²) in [5, 5.41) is 3.28. The number of nitrogens with one attached hydrogen (secondary N) is 1. The zero-order valence-electron chi connectivity index (χ0n) is 12.9. The quantitative estimate of drug-likeness (QED) is 0.900. The first-order chi connectivity index (χ1) is 9.58. The largest absolute Gasteiger partial charge is 0.340 e. The second-order valence-corrected chi connectivity index (χ2v) is 5.29. The average Bonchev–Trinajstić information content (AvgIpc) is 2.46. The molecule has 4 nitrogen and oxygen atoms in total. The predicted molar refractivity (Wildman–Crippen MR) is 91.3 cm³/mol. The molecule has 22 heavy (non-hydrogen) atoms. The number of halogens is 3. The molecule has 1 aromatic rings. The van der Waals surface area contributed by atoms with Crippen LogP contribution in [0.4, 0.5) is 4.39 Å². The maximum atomic E-state index is 13.1. The van der Waals surface area contributed by atoms with Gasteiger partial charge in [-0.1, -0.05) is 12.1 Å². The molecule has 0 aliphatic carbocycles. The molecule has 1 fully saturated rings. The second-order valence-electron chi connectivity index (χ2n) is 5.29. The van der Waals surface area contributed by atoms with E-state index in [9.17, 15) is 9.18 Å². The highest BCUT2D eigenvalue weighted by Gasteiger charge is 2.25. The zero-order chi connectivity index (χ0) is 14.5. The van der Waals surface area contributed by atoms with E-state index in [4.69, 9.17) is 0 Å². The van der Waals surface area contributed by atoms with Gasteiger partial charge in [0.25, 0.3) is 0 Å². The van der Waals surface area contributed by atoms with Gasteiger partial charge in [-0.2, -0.15) is 0 Å². The number of carbonyl (C=O) groups excluding carboxylic acids is 1. The number of benzene rings is 1. The standard InChI is InChI=1S/C15H22FN3O.2ClH/c1-12(19-8-6-17-7-9-19)15(20)18(2)11-13-4-3-5-14(16)10-13;;/h3-5,10,12,17H,6-9,11H2,1-2H3;2*1H. The van der Waals surface area contributed by atoms with Crippen LogP contribution in [-0.4, -0.2) is 55.0 Å². The molecule has 1 heterocycles. The lowest BCUT2D eigenvalue weighted by Crippen LogP contribution is -2.52. The van der Waals surface area contributed by atoms with E-state index in [1.54, 1.807) is 18.0 Å². The number of nitrogens with zero attached hydrogens (tertiary/aromatic N) is 2. The van der Waals surface area contributed by atoms with Crippen molar-refractivity contribution >= 4 is 30.7 Å². The summed E-state index contributed by atoms with van der Waals surface area (Å²) < 4.78 is 13.1. The van der Waals surface area contributed by atoms with Crippen LogP contribution in [0, 0.1) is 5.82 Å². The highest BCUT2D eigenvalue weighted by atomic mass is 35.5. The van der Waals surface area contributed by atoms with Gasteiger partial charge < -0.3 is 10.2 Å². The van der Waals surface area contributed by atoms with Crippen molar-refractivity contribution in [3.05, 3.63) is 35.6 Å². The van der Waals surface area contributed by atoms with Gasteiger partial charge in [0.1, 0.15) is 5.82 Å². The Morgan fingerprint density at radius 1 is 1.36 bits per heavy atom. The van der Waals surface area contributed by atoms with Gasteiger partial charge in [-0.3, -0.25) is 9.69 Å². The molecule has 0 spiro atoms. The molecule has 126 valence electrons. The molecule has 1 aromatic carbocycles. The molecule has 0 bridgehead atoms. The summed E-state index contributed by atoms with van der Waals surface area (Å²) in [6.45, 7) is 6.00. The molecule has 7 heteroatoms. The molecule has 1 amide bonds. The highest BCUT2D eigenvalue weighted by Crippen LogP contribution is 2.10. The summed E-state index contributed by atoms with van der Waals surface area (Å²) in [7, 11) is 1.77. The summed E-state index contributed by atoms with van der Waals surface area (Å²) >= 11 is 0. The zero-order valence-corrected chi connectivity index (χ0v) is 14.6. The normalized spacial score (nSPS) is 16.1. The van der Waals surface area contributed by atoms with E-state index in [1.807, 2.05) is 13.0 Å². The summed E-state index contributed by atoms with van der Waals surface area (Å²) in [5.41, 5.74) is 0.813. The lowest BCUT2D eigenvalue weighted by Gasteiger charge is -2.34. The van der Waals surface area contributed by atoms with Crippen LogP contribution < -0.4 is 5.32 Å². The van der Waals surface area contributed by atoms with Crippen LogP contribution in [0.25, 0.3) is 0 Å². The Kier molecular flexibility index (Phi) is 9.60. The van der Waals surface area contributed by atoms with Crippen molar-refractivity contribution in [2.45, 2.75) is 19.5 Å². The summed E-state index contributed by atoms with van der Waals surface area (Å²) in [6.07, 6.45) is 0. The van der Waals surface area contributed by atoms with E-state index in [-0.39, 0.29) is 42.6 Å². The number of rotatable bonds is 4. The Morgan fingerprint density at radius 3 is 2.59 bits per heavy atom. The van der Waals surface area contributed by atoms with Gasteiger partial charge >= 0.3 is 0 Å². The van der Waals surface area contributed by atoms with E-state index in [0.717, 1.165) is 31.7 Å². The molecule has 1 unspecified atom stereocenters. The molecule has 0 radical (unpaired) electrons. The molecular formula is C15H24Cl2FN3O. The third kappa shape index (κ3) is 5.72. The van der Waals surface area contributed by atoms with E-state index in [2.05, 4.69) is 10.2 Å². The van der Waals surface area contributed by atoms with Crippen molar-refractivity contribution in [3.63, 3.8) is 0 Å². The van der Waals surface area contributed by atoms with E-state index >= 15 is 0 Å². The molecule has 1 aliphatic rings. The van der Waals surface area contributed by atoms with Crippen molar-refractivity contribution in [1.82, 2.24) is 15.1 Å². The molecule has 1 N–H and O–H groups in total. The van der Waals surface area contributed by atoms with Crippen LogP contribution in [0.2, 0.25) is 0 Å². The maximum absolute atomic E-state index is 13.1. The van der Waals surface area contributed by atoms with Gasteiger partial charge in [-0.15, -0.1) is 24.8 Å². The summed E-state index contributed by atoms with van der Waals surface area (Å²) in [5.74, 6) is -0.185. The fourth-order valence-corrected chi connectivity index (χ4v) is 2.53. The van der Waals surface area contributed by atoms with Crippen molar-refractivity contribution in [2.75, 3.05) is 33.2 Å². The molecule has 1 saturated heterocycles. The third-order valence-corrected chi connectivity index (χ3v) is 3.74. The van der Waals surface area contributed by atoms with E-state index in [1.165, 1.54) is 12.1 Å². The smallest absolute Gasteiger partial charge is 0.239 e. The first-order valence-corrected chi connectivity index (χ1v) is 7.02. The number of carbonyl (C=O) groups is 1. The lowest BCUT2D eigenvalue weighted by atomic mass is 10.1. The Labute approximate surface area is 143 Å². The number of hydrogen-bond donors (Lipinski definition) is 1. The number of likely N-dealkylation sites (N-methyl/N-ethyl adjacent to an activating group) is 1. The van der Waals surface area contributed by atoms with Gasteiger partial charge in [-0.25, -0.2) is 4.39 Å². The third-order valence-electron chi connectivity index (χ3n) is 3.74. The lowest BCUT2D eigenvalue weighted by molar-refractivity contribution is -0.135. The van der Waals surface area contributed by atoms with Gasteiger partial charge in [0, 0.05) is 39.8 Å². The van der Waals surface area contributed by atoms with Crippen LogP contribution in [0.15, 0.2) is 24.3 Å². The molecule has 0 saturated carbocycles. The van der Waals surface area contributed by atoms with Crippen molar-refractivity contribution in [3.8, 4) is 0 Å². The van der Waals surface area contributed by atoms with Crippen LogP contribution in [0.1, 0.15) is 12.5 Å². The van der Waals surface area contributed by atoms with E-state index < -0.39 is 0 Å². The predicted octanol–water partition coefficient (Wildman–Crippen LogP) is 1.92. The van der Waals surface area contributed by atoms with Crippen molar-refractivity contribution in [1.29, 1.82) is 0 Å². The Morgan fingerprint density at radius 2 is 2.00 bits per heavy atom. The fourth-order valence-electron chi connectivity index (χ4n) is 2.53. The van der Waals surface area contributed by atoms with Crippen LogP contribution in [-0.2, 0) is 11.3 Å². The molecule has 2 rings (SSSR count). The van der Waals surface area contributed by atoms with Gasteiger partial charge in [0.05, 0.1) is 6.04 Å². The highest BCUT2D eigenvalue weighted by molar-refractivity contribution is 5.85. The second kappa shape index (κ2) is 10.0. The van der Waals surface area contributed by atoms with Crippen LogP contribution in [0.5, 0.6) is 0 Å². The van der Waals surface area contributed by atoms with Gasteiger partial charge in [0.15, 0.2) is 0 Å². The number of hydrogen-bond acceptors (Lipinski definition) is 3. The SMILES string of the molecule is CC(C(=O)N(C)Cc1cccc(F)c1)N1CCNCC1.Cl.Cl. The van der Waals surface area contributed by atoms with Gasteiger partial charge in [-0.05, 0) is 24.6 Å². The summed E-state index contributed by atoms with van der Waals surface area (Å²) in [4.78, 5) is 16.3. The van der Waals surface area contributed by atoms with Crippen molar-refractivity contribution < 1.29 is 9.18 Å². The average molecular weight is 352 g/mol. The first kappa shape index (κ1) is 21.1. The topological polar surface area (TPSA) is 35.6 Å². The van der Waals surface area contributed by atoms with Crippen LogP contribution >= 0.6 is 24.8 Å². The first-order valence-electron chi connectivity index (χ1n) is 7.02. The minimum atomic E-state index is -0.265. The summed E-state index contributed by atoms with van der Waals surface area (Å²) in [6, 6.07) is 6.26. The minimum absolute atomic E-state index is 0. The van der Waals surface area contributed by atoms with Crippen molar-refractivity contribution in [2.24, 2.45) is 0 Å². The van der Waals surface area contributed by atoms with Crippen LogP contribution in [0.3, 0.4) is 0 Å². The van der Waals surface area contributed by atoms with Gasteiger partial charge in [0.2, 0.25) is 5.91 Å². The number of amides is 1. The monoisotopic (exact) mass is 351 g/mol. The Balaban J connectivity index is 0.00000220. The number of piperazine rings is 1. The molecule has 0 aromatic heterocycles. The molecule has 1 aliphatic heterocycles.